The molecule has 0 radical (unpaired) electrons. The van der Waals surface area contributed by atoms with Crippen LogP contribution in [-0.4, -0.2) is 95.2 Å². The summed E-state index contributed by atoms with van der Waals surface area (Å²) in [6.07, 6.45) is 0.656. The topological polar surface area (TPSA) is 209 Å². The van der Waals surface area contributed by atoms with Gasteiger partial charge in [0.2, 0.25) is 11.8 Å². The molecular formula is C56H60ClN9O7S2. The van der Waals surface area contributed by atoms with Gasteiger partial charge in [-0.1, -0.05) is 75.3 Å². The van der Waals surface area contributed by atoms with E-state index in [-0.39, 0.29) is 55.3 Å². The number of aliphatic hydroxyl groups is 2. The molecule has 3 aliphatic rings. The summed E-state index contributed by atoms with van der Waals surface area (Å²) in [6.45, 7) is 18.0. The molecule has 75 heavy (non-hydrogen) atoms. The molecule has 3 amide bonds. The van der Waals surface area contributed by atoms with E-state index in [1.165, 1.54) is 16.2 Å². The van der Waals surface area contributed by atoms with Crippen LogP contribution < -0.4 is 20.7 Å². The molecule has 1 saturated carbocycles. The number of nitrogens with zero attached hydrogens (tertiary/aromatic N) is 6. The zero-order valence-electron chi connectivity index (χ0n) is 42.8. The van der Waals surface area contributed by atoms with Crippen molar-refractivity contribution >= 4 is 68.7 Å². The van der Waals surface area contributed by atoms with Crippen molar-refractivity contribution in [2.45, 2.75) is 123 Å². The summed E-state index contributed by atoms with van der Waals surface area (Å²) in [6, 6.07) is 20.2. The second kappa shape index (κ2) is 20.8. The minimum absolute atomic E-state index is 0.0371. The molecule has 19 heteroatoms. The molecule has 6 heterocycles. The summed E-state index contributed by atoms with van der Waals surface area (Å²) in [4.78, 5) is 55.4. The number of thiophene rings is 1. The van der Waals surface area contributed by atoms with Crippen molar-refractivity contribution < 1.29 is 33.8 Å². The molecule has 10 rings (SSSR count). The van der Waals surface area contributed by atoms with E-state index in [2.05, 4.69) is 51.6 Å². The van der Waals surface area contributed by atoms with Crippen molar-refractivity contribution in [1.29, 1.82) is 0 Å². The summed E-state index contributed by atoms with van der Waals surface area (Å²) in [5, 5.41) is 41.4. The van der Waals surface area contributed by atoms with Crippen molar-refractivity contribution in [3.05, 3.63) is 146 Å². The standard InChI is InChI=1S/C56H60ClN9O7S2/c1-28-31(4)75-55-48(28)49(34-13-15-37(57)16-14-34)61-42(52-64-63-32(5)66(52)55)24-47(69)60-38-21-41(22-38)72-40-17-18-45-36(19-40)20-46(73-45)53(70)62-51(56(6,7)8)54(71)65-25-39(68)23-44(65)30(3)59-29(2)33-9-11-35(12-10-33)50-43(26-67)58-27-74-50/h9-20,27,29,38-39,41-42,44,51,59,67-68H,3,21-26H2,1-2,4-8H3,(H,60,69)(H,62,70)/t29-,38?,39+,41?,42-,44-,51+/m0/s1. The maximum absolute atomic E-state index is 14.5. The average Bonchev–Trinajstić information content (AvgIpc) is 4.21. The number of likely N-dealkylation sites (tertiary alicyclic amines) is 1. The number of thiazole rings is 1. The molecule has 0 spiro atoms. The lowest BCUT2D eigenvalue weighted by Crippen LogP contribution is -2.56. The third kappa shape index (κ3) is 10.5. The molecular weight excluding hydrogens is 1010 g/mol. The normalized spacial score (nSPS) is 20.1. The van der Waals surface area contributed by atoms with Crippen LogP contribution >= 0.6 is 34.3 Å². The first-order valence-electron chi connectivity index (χ1n) is 25.1. The number of ether oxygens (including phenoxy) is 1. The minimum Gasteiger partial charge on any atom is -0.490 e. The maximum Gasteiger partial charge on any atom is 0.287 e. The zero-order valence-corrected chi connectivity index (χ0v) is 45.2. The number of carbonyl (C=O) groups excluding carboxylic acids is 3. The number of β-amino-alcohol motifs (C(OH)–C–C–N with tert-alkyl or cyclic N) is 1. The highest BCUT2D eigenvalue weighted by Gasteiger charge is 2.44. The number of halogens is 1. The van der Waals surface area contributed by atoms with Crippen LogP contribution in [0.3, 0.4) is 0 Å². The highest BCUT2D eigenvalue weighted by molar-refractivity contribution is 7.15. The number of aryl methyl sites for hydroxylation is 2. The van der Waals surface area contributed by atoms with Gasteiger partial charge in [-0.15, -0.1) is 32.9 Å². The number of furan rings is 1. The summed E-state index contributed by atoms with van der Waals surface area (Å²) < 4.78 is 14.4. The van der Waals surface area contributed by atoms with Gasteiger partial charge in [-0.3, -0.25) is 23.9 Å². The molecule has 1 aliphatic carbocycles. The van der Waals surface area contributed by atoms with Gasteiger partial charge in [0.25, 0.3) is 5.91 Å². The Balaban J connectivity index is 0.752. The van der Waals surface area contributed by atoms with Crippen LogP contribution in [0, 0.1) is 26.2 Å². The summed E-state index contributed by atoms with van der Waals surface area (Å²) in [7, 11) is 0. The lowest BCUT2D eigenvalue weighted by Gasteiger charge is -2.36. The number of amides is 3. The van der Waals surface area contributed by atoms with Crippen molar-refractivity contribution in [2.24, 2.45) is 10.4 Å². The Labute approximate surface area is 447 Å². The number of hydrogen-bond acceptors (Lipinski definition) is 14. The number of fused-ring (bicyclic) bond motifs is 4. The molecule has 3 aromatic carbocycles. The molecule has 5 atom stereocenters. The summed E-state index contributed by atoms with van der Waals surface area (Å²) in [5.74, 6) is 0.926. The zero-order chi connectivity index (χ0) is 53.0. The second-order valence-corrected chi connectivity index (χ2v) is 23.4. The van der Waals surface area contributed by atoms with Crippen LogP contribution in [0.15, 0.2) is 100.0 Å². The molecule has 390 valence electrons. The van der Waals surface area contributed by atoms with Crippen LogP contribution in [0.5, 0.6) is 5.75 Å². The number of rotatable bonds is 15. The fraction of sp³-hybridized carbons (Fsp3) is 0.375. The van der Waals surface area contributed by atoms with Gasteiger partial charge in [0.05, 0.1) is 47.0 Å². The lowest BCUT2D eigenvalue weighted by atomic mass is 9.85. The predicted molar refractivity (Wildman–Crippen MR) is 291 cm³/mol. The molecule has 5 N–H and O–H groups in total. The van der Waals surface area contributed by atoms with Crippen LogP contribution in [0.25, 0.3) is 26.4 Å². The van der Waals surface area contributed by atoms with Gasteiger partial charge in [0.1, 0.15) is 40.3 Å². The summed E-state index contributed by atoms with van der Waals surface area (Å²) >= 11 is 9.42. The first-order valence-corrected chi connectivity index (χ1v) is 27.1. The lowest BCUT2D eigenvalue weighted by molar-refractivity contribution is -0.136. The molecule has 0 bridgehead atoms. The SMILES string of the molecule is C=C(N[C@@H](C)c1ccc(-c2scnc2CO)cc1)[C@@H]1C[C@@H](O)CN1C(=O)[C@@H](NC(=O)c1cc2cc(OC3CC(NC(=O)C[C@@H]4N=C(c5ccc(Cl)cc5)c5c(sc(C)c5C)-n5c(C)nnc54)C3)ccc2o1)C(C)(C)C. The Hall–Kier alpha value is -6.70. The quantitative estimate of drug-likeness (QED) is 0.0654. The van der Waals surface area contributed by atoms with Gasteiger partial charge < -0.3 is 40.2 Å². The van der Waals surface area contributed by atoms with Gasteiger partial charge in [-0.2, -0.15) is 0 Å². The Bertz CT molecular complexity index is 3350. The van der Waals surface area contributed by atoms with Gasteiger partial charge >= 0.3 is 0 Å². The monoisotopic (exact) mass is 1070 g/mol. The molecule has 2 aliphatic heterocycles. The van der Waals surface area contributed by atoms with Crippen molar-refractivity contribution in [3.63, 3.8) is 0 Å². The second-order valence-electron chi connectivity index (χ2n) is 20.9. The van der Waals surface area contributed by atoms with Gasteiger partial charge in [-0.05, 0) is 86.2 Å². The first kappa shape index (κ1) is 51.8. The fourth-order valence-corrected chi connectivity index (χ4v) is 12.3. The molecule has 7 aromatic rings. The van der Waals surface area contributed by atoms with Gasteiger partial charge in [0, 0.05) is 70.0 Å². The van der Waals surface area contributed by atoms with Crippen molar-refractivity contribution in [2.75, 3.05) is 6.54 Å². The fourth-order valence-electron chi connectivity index (χ4n) is 10.2. The van der Waals surface area contributed by atoms with Crippen LogP contribution in [-0.2, 0) is 16.2 Å². The third-order valence-electron chi connectivity index (χ3n) is 14.4. The van der Waals surface area contributed by atoms with E-state index in [1.807, 2.05) is 93.8 Å². The minimum atomic E-state index is -0.968. The third-order valence-corrected chi connectivity index (χ3v) is 16.8. The highest BCUT2D eigenvalue weighted by Crippen LogP contribution is 2.40. The number of benzene rings is 3. The van der Waals surface area contributed by atoms with E-state index in [0.29, 0.717) is 58.2 Å². The Morgan fingerprint density at radius 3 is 2.43 bits per heavy atom. The predicted octanol–water partition coefficient (Wildman–Crippen LogP) is 9.25. The summed E-state index contributed by atoms with van der Waals surface area (Å²) in [5.41, 5.74) is 8.45. The number of carbonyl (C=O) groups is 3. The van der Waals surface area contributed by atoms with E-state index in [4.69, 9.17) is 25.7 Å². The van der Waals surface area contributed by atoms with Gasteiger partial charge in [-0.25, -0.2) is 4.98 Å². The van der Waals surface area contributed by atoms with Crippen molar-refractivity contribution in [3.8, 4) is 21.2 Å². The smallest absolute Gasteiger partial charge is 0.287 e. The van der Waals surface area contributed by atoms with E-state index >= 15 is 0 Å². The largest absolute Gasteiger partial charge is 0.490 e. The Morgan fingerprint density at radius 1 is 0.973 bits per heavy atom. The van der Waals surface area contributed by atoms with Crippen molar-refractivity contribution in [1.82, 2.24) is 40.6 Å². The Kier molecular flexibility index (Phi) is 14.3. The van der Waals surface area contributed by atoms with E-state index in [9.17, 15) is 24.6 Å². The molecule has 0 unspecified atom stereocenters. The van der Waals surface area contributed by atoms with E-state index in [0.717, 1.165) is 49.2 Å². The van der Waals surface area contributed by atoms with E-state index < -0.39 is 35.6 Å². The highest BCUT2D eigenvalue weighted by atomic mass is 35.5. The first-order chi connectivity index (χ1) is 35.8. The molecule has 4 aromatic heterocycles. The molecule has 1 saturated heterocycles. The molecule has 16 nitrogen and oxygen atoms in total. The number of aromatic nitrogens is 4. The number of hydrogen-bond donors (Lipinski definition) is 5. The molecule has 2 fully saturated rings. The number of nitrogens with one attached hydrogen (secondary N) is 3. The van der Waals surface area contributed by atoms with Gasteiger partial charge in [0.15, 0.2) is 11.6 Å². The van der Waals surface area contributed by atoms with Crippen LogP contribution in [0.1, 0.15) is 120 Å². The number of aliphatic imine (C=N–C) groups is 1. The maximum atomic E-state index is 14.5. The van der Waals surface area contributed by atoms with Crippen LogP contribution in [0.4, 0.5) is 0 Å². The van der Waals surface area contributed by atoms with E-state index in [1.54, 1.807) is 39.9 Å². The average molecular weight is 1070 g/mol. The Morgan fingerprint density at radius 2 is 1.71 bits per heavy atom. The number of aliphatic hydroxyl groups excluding tert-OH is 2. The van der Waals surface area contributed by atoms with Crippen LogP contribution in [0.2, 0.25) is 5.02 Å².